The van der Waals surface area contributed by atoms with Gasteiger partial charge in [-0.15, -0.1) is 23.7 Å². The molecule has 1 aromatic heterocycles. The van der Waals surface area contributed by atoms with Crippen molar-refractivity contribution in [2.24, 2.45) is 5.92 Å². The fourth-order valence-electron chi connectivity index (χ4n) is 3.31. The van der Waals surface area contributed by atoms with Crippen LogP contribution in [0.15, 0.2) is 30.3 Å². The van der Waals surface area contributed by atoms with E-state index < -0.39 is 0 Å². The van der Waals surface area contributed by atoms with E-state index >= 15 is 0 Å². The first-order valence-corrected chi connectivity index (χ1v) is 9.49. The Morgan fingerprint density at radius 1 is 1.23 bits per heavy atom. The van der Waals surface area contributed by atoms with Gasteiger partial charge in [-0.05, 0) is 44.2 Å². The maximum Gasteiger partial charge on any atom is 0.231 e. The zero-order valence-electron chi connectivity index (χ0n) is 14.7. The zero-order valence-corrected chi connectivity index (χ0v) is 16.3. The smallest absolute Gasteiger partial charge is 0.231 e. The Bertz CT molecular complexity index is 774. The van der Waals surface area contributed by atoms with Crippen LogP contribution in [-0.2, 0) is 11.3 Å². The lowest BCUT2D eigenvalue weighted by atomic mass is 10.1. The largest absolute Gasteiger partial charge is 0.486 e. The highest BCUT2D eigenvalue weighted by Crippen LogP contribution is 2.35. The van der Waals surface area contributed by atoms with Crippen LogP contribution in [0.5, 0.6) is 11.5 Å². The number of nitrogens with one attached hydrogen (secondary N) is 1. The van der Waals surface area contributed by atoms with E-state index in [1.54, 1.807) is 11.3 Å². The van der Waals surface area contributed by atoms with Gasteiger partial charge in [0.1, 0.15) is 13.2 Å². The molecule has 7 heteroatoms. The second-order valence-electron chi connectivity index (χ2n) is 6.45. The molecule has 1 fully saturated rings. The van der Waals surface area contributed by atoms with Crippen molar-refractivity contribution in [1.29, 1.82) is 0 Å². The molecule has 140 valence electrons. The van der Waals surface area contributed by atoms with Crippen LogP contribution in [0.4, 0.5) is 5.69 Å². The molecule has 5 nitrogen and oxygen atoms in total. The molecule has 0 spiro atoms. The number of nitrogens with zero attached hydrogens (tertiary/aromatic N) is 1. The van der Waals surface area contributed by atoms with E-state index in [9.17, 15) is 4.79 Å². The van der Waals surface area contributed by atoms with Crippen molar-refractivity contribution in [3.05, 3.63) is 40.1 Å². The third-order valence-corrected chi connectivity index (χ3v) is 5.61. The predicted molar refractivity (Wildman–Crippen MR) is 106 cm³/mol. The number of rotatable bonds is 4. The van der Waals surface area contributed by atoms with Gasteiger partial charge in [0.05, 0.1) is 12.5 Å². The Labute approximate surface area is 163 Å². The molecule has 1 unspecified atom stereocenters. The normalized spacial score (nSPS) is 18.3. The van der Waals surface area contributed by atoms with E-state index in [1.807, 2.05) is 23.1 Å². The number of carbonyl (C=O) groups is 1. The van der Waals surface area contributed by atoms with Crippen molar-refractivity contribution in [3.63, 3.8) is 0 Å². The predicted octanol–water partition coefficient (Wildman–Crippen LogP) is 3.39. The second-order valence-corrected chi connectivity index (χ2v) is 7.83. The SMILES string of the molecule is Cc1ccc(CN(C(=O)C2CCNC2)c2ccc3c(c2)OCCO3)s1.Cl. The Morgan fingerprint density at radius 2 is 2.04 bits per heavy atom. The first kappa shape index (κ1) is 19.0. The monoisotopic (exact) mass is 394 g/mol. The van der Waals surface area contributed by atoms with Gasteiger partial charge in [0.15, 0.2) is 11.5 Å². The molecule has 1 aromatic carbocycles. The number of carbonyl (C=O) groups excluding carboxylic acids is 1. The van der Waals surface area contributed by atoms with Gasteiger partial charge in [-0.2, -0.15) is 0 Å². The van der Waals surface area contributed by atoms with Crippen molar-refractivity contribution in [3.8, 4) is 11.5 Å². The lowest BCUT2D eigenvalue weighted by Crippen LogP contribution is -2.36. The Balaban J connectivity index is 0.00000196. The lowest BCUT2D eigenvalue weighted by Gasteiger charge is -2.27. The van der Waals surface area contributed by atoms with Crippen LogP contribution in [0.1, 0.15) is 16.2 Å². The number of thiophene rings is 1. The number of aryl methyl sites for hydroxylation is 1. The topological polar surface area (TPSA) is 50.8 Å². The quantitative estimate of drug-likeness (QED) is 0.863. The molecule has 3 heterocycles. The molecule has 0 aliphatic carbocycles. The van der Waals surface area contributed by atoms with E-state index in [1.165, 1.54) is 9.75 Å². The molecule has 2 aliphatic rings. The van der Waals surface area contributed by atoms with E-state index in [4.69, 9.17) is 9.47 Å². The van der Waals surface area contributed by atoms with Crippen LogP contribution >= 0.6 is 23.7 Å². The first-order valence-electron chi connectivity index (χ1n) is 8.68. The van der Waals surface area contributed by atoms with Gasteiger partial charge < -0.3 is 19.7 Å². The van der Waals surface area contributed by atoms with Crippen LogP contribution in [0.25, 0.3) is 0 Å². The van der Waals surface area contributed by atoms with Crippen LogP contribution in [0.3, 0.4) is 0 Å². The minimum atomic E-state index is 0. The number of fused-ring (bicyclic) bond motifs is 1. The summed E-state index contributed by atoms with van der Waals surface area (Å²) in [6.45, 7) is 5.45. The number of amides is 1. The minimum absolute atomic E-state index is 0. The van der Waals surface area contributed by atoms with E-state index in [0.29, 0.717) is 25.5 Å². The highest BCUT2D eigenvalue weighted by molar-refractivity contribution is 7.11. The molecule has 4 rings (SSSR count). The Hall–Kier alpha value is -1.76. The number of anilines is 1. The summed E-state index contributed by atoms with van der Waals surface area (Å²) in [7, 11) is 0. The summed E-state index contributed by atoms with van der Waals surface area (Å²) in [5, 5.41) is 3.29. The third kappa shape index (κ3) is 3.98. The average molecular weight is 395 g/mol. The molecule has 1 N–H and O–H groups in total. The minimum Gasteiger partial charge on any atom is -0.486 e. The highest BCUT2D eigenvalue weighted by atomic mass is 35.5. The van der Waals surface area contributed by atoms with Crippen LogP contribution in [0, 0.1) is 12.8 Å². The highest BCUT2D eigenvalue weighted by Gasteiger charge is 2.29. The van der Waals surface area contributed by atoms with Crippen molar-refractivity contribution >= 4 is 35.3 Å². The molecule has 26 heavy (non-hydrogen) atoms. The van der Waals surface area contributed by atoms with Crippen molar-refractivity contribution < 1.29 is 14.3 Å². The summed E-state index contributed by atoms with van der Waals surface area (Å²) >= 11 is 1.73. The van der Waals surface area contributed by atoms with Gasteiger partial charge in [0.2, 0.25) is 5.91 Å². The molecule has 0 radical (unpaired) electrons. The van der Waals surface area contributed by atoms with Gasteiger partial charge in [-0.3, -0.25) is 4.79 Å². The lowest BCUT2D eigenvalue weighted by molar-refractivity contribution is -0.121. The fraction of sp³-hybridized carbons (Fsp3) is 0.421. The molecule has 1 amide bonds. The van der Waals surface area contributed by atoms with E-state index in [0.717, 1.165) is 30.9 Å². The molecule has 1 atom stereocenters. The number of hydrogen-bond acceptors (Lipinski definition) is 5. The maximum atomic E-state index is 13.1. The van der Waals surface area contributed by atoms with Gasteiger partial charge in [-0.1, -0.05) is 0 Å². The van der Waals surface area contributed by atoms with Crippen LogP contribution < -0.4 is 19.7 Å². The molecule has 2 aromatic rings. The van der Waals surface area contributed by atoms with Gasteiger partial charge >= 0.3 is 0 Å². The van der Waals surface area contributed by atoms with Crippen LogP contribution in [0.2, 0.25) is 0 Å². The van der Waals surface area contributed by atoms with Crippen molar-refractivity contribution in [2.75, 3.05) is 31.2 Å². The third-order valence-electron chi connectivity index (χ3n) is 4.62. The summed E-state index contributed by atoms with van der Waals surface area (Å²) in [6.07, 6.45) is 0.892. The molecule has 0 saturated carbocycles. The Kier molecular flexibility index (Phi) is 6.06. The standard InChI is InChI=1S/C19H22N2O3S.ClH/c1-13-2-4-16(25-13)12-21(19(22)14-6-7-20-11-14)15-3-5-17-18(10-15)24-9-8-23-17;/h2-5,10,14,20H,6-9,11-12H2,1H3;1H. The summed E-state index contributed by atoms with van der Waals surface area (Å²) in [5.74, 6) is 1.67. The Morgan fingerprint density at radius 3 is 2.73 bits per heavy atom. The molecular weight excluding hydrogens is 372 g/mol. The van der Waals surface area contributed by atoms with Crippen molar-refractivity contribution in [2.45, 2.75) is 19.9 Å². The van der Waals surface area contributed by atoms with Gasteiger partial charge in [0.25, 0.3) is 0 Å². The van der Waals surface area contributed by atoms with E-state index in [-0.39, 0.29) is 24.2 Å². The number of hydrogen-bond donors (Lipinski definition) is 1. The van der Waals surface area contributed by atoms with Crippen LogP contribution in [-0.4, -0.2) is 32.2 Å². The summed E-state index contributed by atoms with van der Waals surface area (Å²) < 4.78 is 11.3. The molecule has 2 aliphatic heterocycles. The number of halogens is 1. The second kappa shape index (κ2) is 8.29. The summed E-state index contributed by atoms with van der Waals surface area (Å²) in [4.78, 5) is 17.5. The molecular formula is C19H23ClN2O3S. The van der Waals surface area contributed by atoms with Gasteiger partial charge in [0, 0.05) is 28.1 Å². The van der Waals surface area contributed by atoms with Crippen molar-refractivity contribution in [1.82, 2.24) is 5.32 Å². The molecule has 0 bridgehead atoms. The first-order chi connectivity index (χ1) is 12.2. The van der Waals surface area contributed by atoms with Gasteiger partial charge in [-0.25, -0.2) is 0 Å². The zero-order chi connectivity index (χ0) is 17.2. The average Bonchev–Trinajstić information content (AvgIpc) is 3.30. The number of benzene rings is 1. The summed E-state index contributed by atoms with van der Waals surface area (Å²) in [6, 6.07) is 9.98. The summed E-state index contributed by atoms with van der Waals surface area (Å²) in [5.41, 5.74) is 0.868. The maximum absolute atomic E-state index is 13.1. The number of ether oxygens (including phenoxy) is 2. The fourth-order valence-corrected chi connectivity index (χ4v) is 4.19. The van der Waals surface area contributed by atoms with E-state index in [2.05, 4.69) is 24.4 Å². The molecule has 1 saturated heterocycles.